The predicted molar refractivity (Wildman–Crippen MR) is 60.3 cm³/mol. The minimum atomic E-state index is -4.63. The molecule has 0 amide bonds. The first-order valence-electron chi connectivity index (χ1n) is 5.05. The van der Waals surface area contributed by atoms with Crippen LogP contribution in [-0.4, -0.2) is 12.4 Å². The second-order valence-corrected chi connectivity index (χ2v) is 4.05. The van der Waals surface area contributed by atoms with Gasteiger partial charge in [-0.2, -0.15) is 0 Å². The molecule has 1 fully saturated rings. The van der Waals surface area contributed by atoms with Gasteiger partial charge in [0.2, 0.25) is 0 Å². The molecule has 1 aliphatic carbocycles. The summed E-state index contributed by atoms with van der Waals surface area (Å²) in [6.45, 7) is 0. The Morgan fingerprint density at radius 3 is 2.41 bits per heavy atom. The molecule has 0 heterocycles. The lowest BCUT2D eigenvalue weighted by Crippen LogP contribution is -2.34. The van der Waals surface area contributed by atoms with Crippen LogP contribution in [0, 0.1) is 0 Å². The summed E-state index contributed by atoms with van der Waals surface area (Å²) in [5.41, 5.74) is 6.50. The zero-order valence-electron chi connectivity index (χ0n) is 8.91. The third-order valence-electron chi connectivity index (χ3n) is 2.74. The van der Waals surface area contributed by atoms with Gasteiger partial charge in [-0.15, -0.1) is 25.6 Å². The third kappa shape index (κ3) is 3.78. The van der Waals surface area contributed by atoms with Crippen molar-refractivity contribution < 1.29 is 17.9 Å². The molecule has 0 saturated heterocycles. The van der Waals surface area contributed by atoms with E-state index in [0.717, 1.165) is 18.4 Å². The van der Waals surface area contributed by atoms with Gasteiger partial charge in [0.15, 0.2) is 0 Å². The monoisotopic (exact) mass is 267 g/mol. The molecule has 6 heteroatoms. The topological polar surface area (TPSA) is 35.2 Å². The van der Waals surface area contributed by atoms with Crippen LogP contribution < -0.4 is 10.5 Å². The molecular formula is C11H13ClF3NO. The van der Waals surface area contributed by atoms with Gasteiger partial charge in [0.05, 0.1) is 0 Å². The lowest BCUT2D eigenvalue weighted by molar-refractivity contribution is -0.274. The van der Waals surface area contributed by atoms with Crippen molar-refractivity contribution in [2.45, 2.75) is 31.2 Å². The van der Waals surface area contributed by atoms with Crippen LogP contribution in [0.15, 0.2) is 24.3 Å². The Hall–Kier alpha value is -0.940. The summed E-state index contributed by atoms with van der Waals surface area (Å²) in [5, 5.41) is 0. The Balaban J connectivity index is 0.00000144. The molecule has 1 aromatic rings. The minimum absolute atomic E-state index is 0. The lowest BCUT2D eigenvalue weighted by atomic mass is 9.76. The van der Waals surface area contributed by atoms with Crippen LogP contribution >= 0.6 is 12.4 Å². The number of hydrogen-bond acceptors (Lipinski definition) is 2. The number of alkyl halides is 3. The maximum Gasteiger partial charge on any atom is 0.573 e. The van der Waals surface area contributed by atoms with E-state index in [4.69, 9.17) is 5.73 Å². The third-order valence-corrected chi connectivity index (χ3v) is 2.74. The Kier molecular flexibility index (Phi) is 4.27. The Bertz CT molecular complexity index is 377. The van der Waals surface area contributed by atoms with E-state index in [2.05, 4.69) is 4.74 Å². The standard InChI is InChI=1S/C11H12F3NO.ClH/c12-11(13,14)16-10-3-1-2-7(6-10)8-4-9(15)5-8;/h1-3,6,8-9H,4-5,15H2;1H. The first-order chi connectivity index (χ1) is 7.44. The van der Waals surface area contributed by atoms with Crippen molar-refractivity contribution in [3.63, 3.8) is 0 Å². The van der Waals surface area contributed by atoms with Gasteiger partial charge in [0, 0.05) is 6.04 Å². The quantitative estimate of drug-likeness (QED) is 0.893. The maximum absolute atomic E-state index is 12.0. The van der Waals surface area contributed by atoms with Crippen molar-refractivity contribution in [3.05, 3.63) is 29.8 Å². The van der Waals surface area contributed by atoms with Gasteiger partial charge in [-0.25, -0.2) is 0 Å². The van der Waals surface area contributed by atoms with Crippen molar-refractivity contribution >= 4 is 12.4 Å². The van der Waals surface area contributed by atoms with Gasteiger partial charge >= 0.3 is 6.36 Å². The molecule has 2 N–H and O–H groups in total. The zero-order valence-corrected chi connectivity index (χ0v) is 9.72. The highest BCUT2D eigenvalue weighted by molar-refractivity contribution is 5.85. The zero-order chi connectivity index (χ0) is 11.8. The van der Waals surface area contributed by atoms with Crippen LogP contribution in [-0.2, 0) is 0 Å². The molecule has 2 nitrogen and oxygen atoms in total. The number of benzene rings is 1. The first kappa shape index (κ1) is 14.1. The van der Waals surface area contributed by atoms with E-state index >= 15 is 0 Å². The highest BCUT2D eigenvalue weighted by atomic mass is 35.5. The SMILES string of the molecule is Cl.NC1CC(c2cccc(OC(F)(F)F)c2)C1. The predicted octanol–water partition coefficient (Wildman–Crippen LogP) is 3.21. The van der Waals surface area contributed by atoms with Crippen molar-refractivity contribution in [2.24, 2.45) is 5.73 Å². The summed E-state index contributed by atoms with van der Waals surface area (Å²) in [6.07, 6.45) is -2.97. The fourth-order valence-corrected chi connectivity index (χ4v) is 1.90. The highest BCUT2D eigenvalue weighted by Crippen LogP contribution is 2.37. The average Bonchev–Trinajstić information content (AvgIpc) is 2.10. The van der Waals surface area contributed by atoms with Crippen LogP contribution in [0.2, 0.25) is 0 Å². The first-order valence-corrected chi connectivity index (χ1v) is 5.05. The van der Waals surface area contributed by atoms with Crippen LogP contribution in [0.5, 0.6) is 5.75 Å². The van der Waals surface area contributed by atoms with Gasteiger partial charge in [-0.1, -0.05) is 12.1 Å². The fourth-order valence-electron chi connectivity index (χ4n) is 1.90. The smallest absolute Gasteiger partial charge is 0.406 e. The van der Waals surface area contributed by atoms with Crippen LogP contribution in [0.4, 0.5) is 13.2 Å². The fraction of sp³-hybridized carbons (Fsp3) is 0.455. The Labute approximate surface area is 103 Å². The second-order valence-electron chi connectivity index (χ2n) is 4.05. The molecule has 0 bridgehead atoms. The average molecular weight is 268 g/mol. The van der Waals surface area contributed by atoms with Crippen molar-refractivity contribution in [2.75, 3.05) is 0 Å². The number of rotatable bonds is 2. The molecule has 0 unspecified atom stereocenters. The Morgan fingerprint density at radius 1 is 1.24 bits per heavy atom. The van der Waals surface area contributed by atoms with Gasteiger partial charge in [-0.05, 0) is 36.5 Å². The largest absolute Gasteiger partial charge is 0.573 e. The summed E-state index contributed by atoms with van der Waals surface area (Å²) < 4.78 is 39.8. The molecule has 17 heavy (non-hydrogen) atoms. The lowest BCUT2D eigenvalue weighted by Gasteiger charge is -2.32. The van der Waals surface area contributed by atoms with Crippen molar-refractivity contribution in [1.82, 2.24) is 0 Å². The molecule has 96 valence electrons. The number of hydrogen-bond donors (Lipinski definition) is 1. The van der Waals surface area contributed by atoms with Gasteiger partial charge in [0.25, 0.3) is 0 Å². The molecule has 1 aromatic carbocycles. The van der Waals surface area contributed by atoms with Crippen LogP contribution in [0.3, 0.4) is 0 Å². The normalized spacial score (nSPS) is 23.5. The molecule has 1 aliphatic rings. The summed E-state index contributed by atoms with van der Waals surface area (Å²) in [7, 11) is 0. The van der Waals surface area contributed by atoms with E-state index < -0.39 is 6.36 Å². The molecule has 0 atom stereocenters. The summed E-state index contributed by atoms with van der Waals surface area (Å²) in [6, 6.07) is 6.29. The van der Waals surface area contributed by atoms with Crippen molar-refractivity contribution in [1.29, 1.82) is 0 Å². The van der Waals surface area contributed by atoms with E-state index in [1.165, 1.54) is 12.1 Å². The van der Waals surface area contributed by atoms with E-state index in [1.54, 1.807) is 12.1 Å². The maximum atomic E-state index is 12.0. The minimum Gasteiger partial charge on any atom is -0.406 e. The molecule has 0 aromatic heterocycles. The molecule has 2 rings (SSSR count). The van der Waals surface area contributed by atoms with Crippen LogP contribution in [0.1, 0.15) is 24.3 Å². The van der Waals surface area contributed by atoms with Crippen molar-refractivity contribution in [3.8, 4) is 5.75 Å². The number of ether oxygens (including phenoxy) is 1. The molecule has 0 spiro atoms. The van der Waals surface area contributed by atoms with Gasteiger partial charge in [0.1, 0.15) is 5.75 Å². The summed E-state index contributed by atoms with van der Waals surface area (Å²) >= 11 is 0. The van der Waals surface area contributed by atoms with Gasteiger partial charge < -0.3 is 10.5 Å². The van der Waals surface area contributed by atoms with E-state index in [-0.39, 0.29) is 30.1 Å². The number of nitrogens with two attached hydrogens (primary N) is 1. The van der Waals surface area contributed by atoms with Crippen LogP contribution in [0.25, 0.3) is 0 Å². The van der Waals surface area contributed by atoms with E-state index in [9.17, 15) is 13.2 Å². The highest BCUT2D eigenvalue weighted by Gasteiger charge is 2.32. The summed E-state index contributed by atoms with van der Waals surface area (Å²) in [5.74, 6) is 0.109. The van der Waals surface area contributed by atoms with E-state index in [1.807, 2.05) is 0 Å². The molecule has 0 aliphatic heterocycles. The number of halogens is 4. The van der Waals surface area contributed by atoms with E-state index in [0.29, 0.717) is 0 Å². The Morgan fingerprint density at radius 2 is 1.88 bits per heavy atom. The summed E-state index contributed by atoms with van der Waals surface area (Å²) in [4.78, 5) is 0. The molecule has 1 saturated carbocycles. The second kappa shape index (κ2) is 5.14. The molecular weight excluding hydrogens is 255 g/mol. The van der Waals surface area contributed by atoms with Gasteiger partial charge in [-0.3, -0.25) is 0 Å². The molecule has 0 radical (unpaired) electrons.